The minimum absolute atomic E-state index is 0.662. The molecule has 1 aromatic carbocycles. The molecule has 3 rings (SSSR count). The summed E-state index contributed by atoms with van der Waals surface area (Å²) in [4.78, 5) is 0. The summed E-state index contributed by atoms with van der Waals surface area (Å²) >= 11 is 6.12. The molecule has 13 heavy (non-hydrogen) atoms. The van der Waals surface area contributed by atoms with Crippen LogP contribution in [0.25, 0.3) is 0 Å². The van der Waals surface area contributed by atoms with Crippen molar-refractivity contribution in [2.45, 2.75) is 31.2 Å². The third-order valence-electron chi connectivity index (χ3n) is 3.29. The molecular formula is C11H12ClN. The molecular weight excluding hydrogens is 182 g/mol. The Morgan fingerprint density at radius 2 is 2.23 bits per heavy atom. The highest BCUT2D eigenvalue weighted by atomic mass is 35.5. The summed E-state index contributed by atoms with van der Waals surface area (Å²) in [6.07, 6.45) is 3.98. The summed E-state index contributed by atoms with van der Waals surface area (Å²) in [5.74, 6) is 0.730. The van der Waals surface area contributed by atoms with Crippen LogP contribution >= 0.6 is 11.6 Å². The van der Waals surface area contributed by atoms with Crippen molar-refractivity contribution in [3.8, 4) is 0 Å². The van der Waals surface area contributed by atoms with E-state index in [4.69, 9.17) is 11.6 Å². The molecule has 0 aromatic heterocycles. The van der Waals surface area contributed by atoms with E-state index < -0.39 is 0 Å². The topological polar surface area (TPSA) is 12.0 Å². The Labute approximate surface area is 83.1 Å². The molecule has 2 heteroatoms. The first kappa shape index (κ1) is 7.69. The van der Waals surface area contributed by atoms with Gasteiger partial charge in [-0.1, -0.05) is 30.2 Å². The van der Waals surface area contributed by atoms with Gasteiger partial charge in [0, 0.05) is 12.0 Å². The van der Waals surface area contributed by atoms with Gasteiger partial charge < -0.3 is 5.32 Å². The number of nitrogens with one attached hydrogen (secondary N) is 1. The van der Waals surface area contributed by atoms with Crippen LogP contribution in [0.3, 0.4) is 0 Å². The molecule has 1 heterocycles. The molecule has 2 aliphatic rings. The number of benzene rings is 1. The SMILES string of the molecule is Clc1cccc2c1NC1CCCC21. The normalized spacial score (nSPS) is 29.6. The quantitative estimate of drug-likeness (QED) is 0.666. The lowest BCUT2D eigenvalue weighted by atomic mass is 9.98. The zero-order chi connectivity index (χ0) is 8.84. The second-order valence-electron chi connectivity index (χ2n) is 3.99. The average molecular weight is 194 g/mol. The fourth-order valence-electron chi connectivity index (χ4n) is 2.69. The Bertz CT molecular complexity index is 348. The second-order valence-corrected chi connectivity index (χ2v) is 4.40. The second kappa shape index (κ2) is 2.65. The predicted molar refractivity (Wildman–Crippen MR) is 55.5 cm³/mol. The number of hydrogen-bond donors (Lipinski definition) is 1. The van der Waals surface area contributed by atoms with Crippen LogP contribution in [0.15, 0.2) is 18.2 Å². The number of rotatable bonds is 0. The van der Waals surface area contributed by atoms with Crippen LogP contribution in [-0.2, 0) is 0 Å². The number of halogens is 1. The first-order chi connectivity index (χ1) is 6.36. The minimum Gasteiger partial charge on any atom is -0.380 e. The number of anilines is 1. The van der Waals surface area contributed by atoms with Crippen LogP contribution in [0.2, 0.25) is 5.02 Å². The molecule has 1 aliphatic heterocycles. The fourth-order valence-corrected chi connectivity index (χ4v) is 2.93. The van der Waals surface area contributed by atoms with Crippen molar-refractivity contribution < 1.29 is 0 Å². The van der Waals surface area contributed by atoms with Gasteiger partial charge in [-0.05, 0) is 24.5 Å². The van der Waals surface area contributed by atoms with Gasteiger partial charge in [0.25, 0.3) is 0 Å². The molecule has 1 aliphatic carbocycles. The molecule has 1 saturated carbocycles. The van der Waals surface area contributed by atoms with E-state index >= 15 is 0 Å². The van der Waals surface area contributed by atoms with E-state index in [2.05, 4.69) is 17.4 Å². The Morgan fingerprint density at radius 3 is 3.15 bits per heavy atom. The monoisotopic (exact) mass is 193 g/mol. The zero-order valence-electron chi connectivity index (χ0n) is 7.39. The van der Waals surface area contributed by atoms with E-state index in [1.807, 2.05) is 6.07 Å². The molecule has 1 aromatic rings. The van der Waals surface area contributed by atoms with E-state index in [0.717, 1.165) is 10.9 Å². The summed E-state index contributed by atoms with van der Waals surface area (Å²) < 4.78 is 0. The lowest BCUT2D eigenvalue weighted by Crippen LogP contribution is -2.13. The summed E-state index contributed by atoms with van der Waals surface area (Å²) in [6, 6.07) is 6.90. The van der Waals surface area contributed by atoms with Gasteiger partial charge in [0.15, 0.2) is 0 Å². The minimum atomic E-state index is 0.662. The summed E-state index contributed by atoms with van der Waals surface area (Å²) in [6.45, 7) is 0. The zero-order valence-corrected chi connectivity index (χ0v) is 8.14. The van der Waals surface area contributed by atoms with Crippen molar-refractivity contribution >= 4 is 17.3 Å². The molecule has 1 nitrogen and oxygen atoms in total. The summed E-state index contributed by atoms with van der Waals surface area (Å²) in [5.41, 5.74) is 2.63. The van der Waals surface area contributed by atoms with Crippen LogP contribution in [0.4, 0.5) is 5.69 Å². The predicted octanol–water partition coefficient (Wildman–Crippen LogP) is 3.40. The largest absolute Gasteiger partial charge is 0.380 e. The van der Waals surface area contributed by atoms with Crippen molar-refractivity contribution in [3.05, 3.63) is 28.8 Å². The van der Waals surface area contributed by atoms with E-state index in [1.165, 1.54) is 30.5 Å². The van der Waals surface area contributed by atoms with Gasteiger partial charge in [-0.3, -0.25) is 0 Å². The van der Waals surface area contributed by atoms with Gasteiger partial charge in [-0.2, -0.15) is 0 Å². The van der Waals surface area contributed by atoms with Crippen molar-refractivity contribution in [2.24, 2.45) is 0 Å². The Morgan fingerprint density at radius 1 is 1.31 bits per heavy atom. The van der Waals surface area contributed by atoms with Gasteiger partial charge in [0.05, 0.1) is 10.7 Å². The van der Waals surface area contributed by atoms with Crippen LogP contribution < -0.4 is 5.32 Å². The Kier molecular flexibility index (Phi) is 1.57. The van der Waals surface area contributed by atoms with Gasteiger partial charge in [-0.25, -0.2) is 0 Å². The molecule has 0 amide bonds. The van der Waals surface area contributed by atoms with Crippen LogP contribution in [-0.4, -0.2) is 6.04 Å². The molecule has 0 spiro atoms. The maximum atomic E-state index is 6.12. The highest BCUT2D eigenvalue weighted by Gasteiger charge is 2.36. The van der Waals surface area contributed by atoms with E-state index in [-0.39, 0.29) is 0 Å². The molecule has 1 N–H and O–H groups in total. The van der Waals surface area contributed by atoms with Crippen molar-refractivity contribution in [1.29, 1.82) is 0 Å². The van der Waals surface area contributed by atoms with E-state index in [9.17, 15) is 0 Å². The molecule has 2 unspecified atom stereocenters. The highest BCUT2D eigenvalue weighted by molar-refractivity contribution is 6.33. The lowest BCUT2D eigenvalue weighted by molar-refractivity contribution is 0.689. The van der Waals surface area contributed by atoms with Crippen LogP contribution in [0.1, 0.15) is 30.7 Å². The summed E-state index contributed by atoms with van der Waals surface area (Å²) in [7, 11) is 0. The van der Waals surface area contributed by atoms with Crippen molar-refractivity contribution in [2.75, 3.05) is 5.32 Å². The lowest BCUT2D eigenvalue weighted by Gasteiger charge is -2.08. The first-order valence-electron chi connectivity index (χ1n) is 4.91. The molecule has 0 saturated heterocycles. The Hall–Kier alpha value is -0.690. The van der Waals surface area contributed by atoms with Crippen LogP contribution in [0.5, 0.6) is 0 Å². The van der Waals surface area contributed by atoms with Crippen molar-refractivity contribution in [1.82, 2.24) is 0 Å². The molecule has 1 fully saturated rings. The molecule has 0 bridgehead atoms. The summed E-state index contributed by atoms with van der Waals surface area (Å²) in [5, 5.41) is 4.41. The Balaban J connectivity index is 2.12. The van der Waals surface area contributed by atoms with Gasteiger partial charge >= 0.3 is 0 Å². The number of hydrogen-bond acceptors (Lipinski definition) is 1. The molecule has 68 valence electrons. The molecule has 2 atom stereocenters. The third kappa shape index (κ3) is 1.000. The van der Waals surface area contributed by atoms with Crippen LogP contribution in [0, 0.1) is 0 Å². The smallest absolute Gasteiger partial charge is 0.0640 e. The average Bonchev–Trinajstić information content (AvgIpc) is 2.65. The van der Waals surface area contributed by atoms with Gasteiger partial charge in [0.1, 0.15) is 0 Å². The maximum absolute atomic E-state index is 6.12. The highest BCUT2D eigenvalue weighted by Crippen LogP contribution is 2.47. The first-order valence-corrected chi connectivity index (χ1v) is 5.29. The van der Waals surface area contributed by atoms with Crippen molar-refractivity contribution in [3.63, 3.8) is 0 Å². The standard InChI is InChI=1S/C11H12ClN/c12-9-5-1-4-8-7-3-2-6-10(7)13-11(8)9/h1,4-5,7,10,13H,2-3,6H2. The fraction of sp³-hybridized carbons (Fsp3) is 0.455. The van der Waals surface area contributed by atoms with E-state index in [0.29, 0.717) is 6.04 Å². The molecule has 0 radical (unpaired) electrons. The third-order valence-corrected chi connectivity index (χ3v) is 3.61. The maximum Gasteiger partial charge on any atom is 0.0640 e. The van der Waals surface area contributed by atoms with E-state index in [1.54, 1.807) is 0 Å². The number of fused-ring (bicyclic) bond motifs is 3. The number of para-hydroxylation sites is 1. The van der Waals surface area contributed by atoms with Gasteiger partial charge in [0.2, 0.25) is 0 Å². The van der Waals surface area contributed by atoms with Gasteiger partial charge in [-0.15, -0.1) is 0 Å².